The van der Waals surface area contributed by atoms with E-state index in [9.17, 15) is 0 Å². The lowest BCUT2D eigenvalue weighted by Crippen LogP contribution is -2.61. The Morgan fingerprint density at radius 2 is 0.609 bits per heavy atom. The molecular weight excluding hydrogens is 1050 g/mol. The van der Waals surface area contributed by atoms with Gasteiger partial charge in [0.1, 0.15) is 0 Å². The molecule has 1 aromatic heterocycles. The molecule has 0 unspecified atom stereocenters. The van der Waals surface area contributed by atoms with Crippen molar-refractivity contribution in [2.45, 2.75) is 52.4 Å². The third-order valence-corrected chi connectivity index (χ3v) is 19.6. The van der Waals surface area contributed by atoms with Crippen LogP contribution < -0.4 is 26.2 Å². The molecule has 2 aliphatic rings. The van der Waals surface area contributed by atoms with E-state index in [2.05, 4.69) is 306 Å². The van der Waals surface area contributed by atoms with E-state index in [0.717, 1.165) is 56.4 Å². The normalized spacial score (nSPS) is 13.3. The Balaban J connectivity index is 1.05. The minimum absolute atomic E-state index is 0.0419. The van der Waals surface area contributed by atoms with Crippen LogP contribution >= 0.6 is 0 Å². The Labute approximate surface area is 507 Å². The van der Waals surface area contributed by atoms with Crippen LogP contribution in [0.15, 0.2) is 255 Å². The summed E-state index contributed by atoms with van der Waals surface area (Å²) in [6, 6.07) is 97.1. The third-order valence-electron chi connectivity index (χ3n) is 19.6. The second-order valence-corrected chi connectivity index (χ2v) is 26.6. The lowest BCUT2D eigenvalue weighted by Gasteiger charge is -2.45. The zero-order valence-electron chi connectivity index (χ0n) is 49.7. The third kappa shape index (κ3) is 7.28. The van der Waals surface area contributed by atoms with Crippen LogP contribution in [0.3, 0.4) is 0 Å². The maximum atomic E-state index is 5.46. The lowest BCUT2D eigenvalue weighted by atomic mass is 9.32. The Morgan fingerprint density at radius 3 is 1.00 bits per heavy atom. The van der Waals surface area contributed by atoms with Crippen molar-refractivity contribution in [3.05, 3.63) is 266 Å². The Morgan fingerprint density at radius 1 is 0.276 bits per heavy atom. The highest BCUT2D eigenvalue weighted by atomic mass is 15.2. The molecule has 16 aromatic rings. The molecular formula is C83H60BN3. The summed E-state index contributed by atoms with van der Waals surface area (Å²) in [6.07, 6.45) is 0. The standard InChI is InChI=1S/C83H60BN3/c1-82(2,3)55-35-39-57(40-36-55)86-71-45-54(53-43-69(49-19-9-7-10-20-49)85-70(44-53)50-21-11-8-12-22-50)46-72-81(71)84(79-65-33-17-31-61-59-27-13-23-51-25-15-29-63(75(51)59)67(77(61)65)47-73(79)86)80-66-34-18-32-62-60-28-14-24-52-26-16-30-64(76(52)60)68(78(62)66)48-74(80)87(72)58-41-37-56(38-42-58)83(4,5)6/h7-48H,1-6H3. The summed E-state index contributed by atoms with van der Waals surface area (Å²) in [5.41, 5.74) is 19.7. The first-order valence-corrected chi connectivity index (χ1v) is 30.8. The van der Waals surface area contributed by atoms with Gasteiger partial charge in [-0.25, -0.2) is 4.98 Å². The van der Waals surface area contributed by atoms with E-state index in [4.69, 9.17) is 4.98 Å². The molecule has 0 atom stereocenters. The number of pyridine rings is 1. The van der Waals surface area contributed by atoms with Gasteiger partial charge in [0.2, 0.25) is 0 Å². The highest BCUT2D eigenvalue weighted by Crippen LogP contribution is 2.53. The number of anilines is 6. The molecule has 15 aromatic carbocycles. The second kappa shape index (κ2) is 18.1. The Hall–Kier alpha value is -10.3. The largest absolute Gasteiger partial charge is 0.311 e. The fourth-order valence-corrected chi connectivity index (χ4v) is 15.5. The SMILES string of the molecule is CC(C)(C)c1ccc(N2c3cc(-c4cc(-c5ccccc5)nc(-c5ccccc5)c4)cc4c3B(c3c2cc2c5cccc6cccc(c7cccc3c72)c65)c2c(cc3c5cccc6cccc(c7cccc2c73)c65)N4c2ccc(C(C)(C)C)cc2)cc1. The molecule has 4 heteroatoms. The van der Waals surface area contributed by atoms with Crippen molar-refractivity contribution in [2.75, 3.05) is 9.80 Å². The summed E-state index contributed by atoms with van der Waals surface area (Å²) in [5.74, 6) is 0. The summed E-state index contributed by atoms with van der Waals surface area (Å²) in [6.45, 7) is 13.7. The van der Waals surface area contributed by atoms with Crippen molar-refractivity contribution >= 4 is 143 Å². The molecule has 0 saturated heterocycles. The highest BCUT2D eigenvalue weighted by Gasteiger charge is 2.46. The zero-order chi connectivity index (χ0) is 58.2. The van der Waals surface area contributed by atoms with E-state index < -0.39 is 0 Å². The Kier molecular flexibility index (Phi) is 10.4. The number of fused-ring (bicyclic) bond motifs is 10. The number of rotatable bonds is 5. The van der Waals surface area contributed by atoms with Gasteiger partial charge in [0.15, 0.2) is 0 Å². The Bertz CT molecular complexity index is 5170. The quantitative estimate of drug-likeness (QED) is 0.0973. The van der Waals surface area contributed by atoms with Crippen molar-refractivity contribution in [1.29, 1.82) is 0 Å². The molecule has 0 aliphatic carbocycles. The summed E-state index contributed by atoms with van der Waals surface area (Å²) < 4.78 is 0. The van der Waals surface area contributed by atoms with Crippen LogP contribution in [0.5, 0.6) is 0 Å². The van der Waals surface area contributed by atoms with E-state index in [1.165, 1.54) is 125 Å². The molecule has 87 heavy (non-hydrogen) atoms. The van der Waals surface area contributed by atoms with Crippen LogP contribution in [0.4, 0.5) is 34.1 Å². The number of benzene rings is 15. The van der Waals surface area contributed by atoms with Gasteiger partial charge in [-0.2, -0.15) is 0 Å². The number of hydrogen-bond donors (Lipinski definition) is 0. The average molecular weight is 1110 g/mol. The molecule has 18 rings (SSSR count). The molecule has 410 valence electrons. The van der Waals surface area contributed by atoms with Crippen LogP contribution in [-0.2, 0) is 10.8 Å². The smallest absolute Gasteiger partial charge is 0.253 e. The molecule has 0 spiro atoms. The summed E-state index contributed by atoms with van der Waals surface area (Å²) >= 11 is 0. The first-order valence-electron chi connectivity index (χ1n) is 30.8. The van der Waals surface area contributed by atoms with Gasteiger partial charge in [-0.15, -0.1) is 0 Å². The maximum Gasteiger partial charge on any atom is 0.253 e. The zero-order valence-corrected chi connectivity index (χ0v) is 49.7. The highest BCUT2D eigenvalue weighted by molar-refractivity contribution is 7.03. The van der Waals surface area contributed by atoms with Gasteiger partial charge in [0, 0.05) is 45.3 Å². The first kappa shape index (κ1) is 50.1. The van der Waals surface area contributed by atoms with Crippen molar-refractivity contribution in [2.24, 2.45) is 0 Å². The maximum absolute atomic E-state index is 5.46. The number of nitrogens with zero attached hydrogens (tertiary/aromatic N) is 3. The van der Waals surface area contributed by atoms with Gasteiger partial charge >= 0.3 is 0 Å². The predicted molar refractivity (Wildman–Crippen MR) is 374 cm³/mol. The topological polar surface area (TPSA) is 19.4 Å². The van der Waals surface area contributed by atoms with Gasteiger partial charge in [-0.3, -0.25) is 0 Å². The second-order valence-electron chi connectivity index (χ2n) is 26.6. The number of hydrogen-bond acceptors (Lipinski definition) is 3. The van der Waals surface area contributed by atoms with E-state index in [-0.39, 0.29) is 17.5 Å². The average Bonchev–Trinajstić information content (AvgIpc) is 0.728. The molecule has 3 nitrogen and oxygen atoms in total. The summed E-state index contributed by atoms with van der Waals surface area (Å²) in [7, 11) is 0. The fourth-order valence-electron chi connectivity index (χ4n) is 15.5. The van der Waals surface area contributed by atoms with Crippen molar-refractivity contribution in [1.82, 2.24) is 4.98 Å². The minimum Gasteiger partial charge on any atom is -0.311 e. The molecule has 0 saturated carbocycles. The molecule has 2 aliphatic heterocycles. The van der Waals surface area contributed by atoms with E-state index in [1.54, 1.807) is 0 Å². The van der Waals surface area contributed by atoms with Crippen LogP contribution in [0, 0.1) is 0 Å². The summed E-state index contributed by atoms with van der Waals surface area (Å²) in [5, 5.41) is 20.6. The van der Waals surface area contributed by atoms with Crippen LogP contribution in [0.1, 0.15) is 52.7 Å². The van der Waals surface area contributed by atoms with E-state index in [1.807, 2.05) is 0 Å². The molecule has 0 bridgehead atoms. The van der Waals surface area contributed by atoms with Crippen LogP contribution in [0.2, 0.25) is 0 Å². The van der Waals surface area contributed by atoms with Crippen molar-refractivity contribution < 1.29 is 0 Å². The molecule has 0 fully saturated rings. The van der Waals surface area contributed by atoms with Gasteiger partial charge in [-0.05, 0) is 196 Å². The molecule has 0 amide bonds. The monoisotopic (exact) mass is 1110 g/mol. The minimum atomic E-state index is -0.198. The van der Waals surface area contributed by atoms with Crippen LogP contribution in [-0.4, -0.2) is 11.7 Å². The molecule has 0 N–H and O–H groups in total. The molecule has 3 heterocycles. The van der Waals surface area contributed by atoms with Gasteiger partial charge in [0.05, 0.1) is 11.4 Å². The fraction of sp³-hybridized carbons (Fsp3) is 0.0964. The number of aromatic nitrogens is 1. The predicted octanol–water partition coefficient (Wildman–Crippen LogP) is 20.9. The van der Waals surface area contributed by atoms with Gasteiger partial charge in [0.25, 0.3) is 6.71 Å². The van der Waals surface area contributed by atoms with Crippen molar-refractivity contribution in [3.63, 3.8) is 0 Å². The van der Waals surface area contributed by atoms with Gasteiger partial charge < -0.3 is 9.80 Å². The first-order chi connectivity index (χ1) is 42.4. The van der Waals surface area contributed by atoms with Crippen LogP contribution in [0.25, 0.3) is 120 Å². The van der Waals surface area contributed by atoms with Crippen molar-refractivity contribution in [3.8, 4) is 33.6 Å². The lowest BCUT2D eigenvalue weighted by molar-refractivity contribution is 0.590. The summed E-state index contributed by atoms with van der Waals surface area (Å²) in [4.78, 5) is 10.8. The van der Waals surface area contributed by atoms with E-state index in [0.29, 0.717) is 0 Å². The van der Waals surface area contributed by atoms with Gasteiger partial charge in [-0.1, -0.05) is 236 Å². The van der Waals surface area contributed by atoms with E-state index >= 15 is 0 Å². The molecule has 0 radical (unpaired) electrons.